The van der Waals surface area contributed by atoms with Gasteiger partial charge in [-0.1, -0.05) is 6.42 Å². The molecule has 19 heavy (non-hydrogen) atoms. The first-order valence-corrected chi connectivity index (χ1v) is 7.21. The number of carboxylic acid groups (broad SMARTS) is 1. The van der Waals surface area contributed by atoms with Crippen LogP contribution in [0.2, 0.25) is 0 Å². The third-order valence-corrected chi connectivity index (χ3v) is 4.68. The Bertz CT molecular complexity index is 358. The summed E-state index contributed by atoms with van der Waals surface area (Å²) in [6.07, 6.45) is 6.08. The van der Waals surface area contributed by atoms with Gasteiger partial charge >= 0.3 is 5.97 Å². The van der Waals surface area contributed by atoms with Crippen LogP contribution in [0.4, 0.5) is 0 Å². The Hall–Kier alpha value is -1.10. The van der Waals surface area contributed by atoms with Crippen LogP contribution in [0.5, 0.6) is 0 Å². The summed E-state index contributed by atoms with van der Waals surface area (Å²) >= 11 is 0. The van der Waals surface area contributed by atoms with Crippen molar-refractivity contribution >= 4 is 11.9 Å². The van der Waals surface area contributed by atoms with E-state index in [0.29, 0.717) is 6.54 Å². The van der Waals surface area contributed by atoms with Gasteiger partial charge < -0.3 is 15.7 Å². The fraction of sp³-hybridized carbons (Fsp3) is 0.857. The van der Waals surface area contributed by atoms with Crippen molar-refractivity contribution in [2.24, 2.45) is 5.41 Å². The van der Waals surface area contributed by atoms with Crippen LogP contribution in [0.3, 0.4) is 0 Å². The van der Waals surface area contributed by atoms with Gasteiger partial charge in [-0.3, -0.25) is 9.59 Å². The SMILES string of the molecule is CC1(C(=O)NCC2(CC(=O)O)CCC2)CCCCN1. The minimum absolute atomic E-state index is 0.0175. The maximum absolute atomic E-state index is 12.3. The second-order valence-electron chi connectivity index (χ2n) is 6.32. The minimum atomic E-state index is -0.768. The van der Waals surface area contributed by atoms with Crippen LogP contribution in [0.15, 0.2) is 0 Å². The van der Waals surface area contributed by atoms with Gasteiger partial charge in [-0.2, -0.15) is 0 Å². The topological polar surface area (TPSA) is 78.4 Å². The Kier molecular flexibility index (Phi) is 4.13. The second kappa shape index (κ2) is 5.49. The van der Waals surface area contributed by atoms with Crippen molar-refractivity contribution < 1.29 is 14.7 Å². The van der Waals surface area contributed by atoms with Crippen LogP contribution in [-0.2, 0) is 9.59 Å². The molecule has 1 saturated heterocycles. The smallest absolute Gasteiger partial charge is 0.303 e. The first-order chi connectivity index (χ1) is 8.96. The average molecular weight is 268 g/mol. The van der Waals surface area contributed by atoms with Crippen molar-refractivity contribution in [1.29, 1.82) is 0 Å². The molecular formula is C14H24N2O3. The van der Waals surface area contributed by atoms with E-state index >= 15 is 0 Å². The molecule has 0 radical (unpaired) electrons. The fourth-order valence-corrected chi connectivity index (χ4v) is 3.13. The molecule has 2 fully saturated rings. The van der Waals surface area contributed by atoms with E-state index in [1.807, 2.05) is 6.92 Å². The van der Waals surface area contributed by atoms with Gasteiger partial charge in [0, 0.05) is 6.54 Å². The number of nitrogens with one attached hydrogen (secondary N) is 2. The van der Waals surface area contributed by atoms with Gasteiger partial charge in [0.2, 0.25) is 5.91 Å². The minimum Gasteiger partial charge on any atom is -0.481 e. The molecule has 5 heteroatoms. The molecule has 0 aromatic rings. The monoisotopic (exact) mass is 268 g/mol. The van der Waals surface area contributed by atoms with Gasteiger partial charge in [-0.05, 0) is 51.0 Å². The van der Waals surface area contributed by atoms with Crippen LogP contribution in [0, 0.1) is 5.41 Å². The predicted octanol–water partition coefficient (Wildman–Crippen LogP) is 1.28. The van der Waals surface area contributed by atoms with E-state index in [-0.39, 0.29) is 17.7 Å². The van der Waals surface area contributed by atoms with E-state index in [1.54, 1.807) is 0 Å². The number of carboxylic acids is 1. The molecule has 0 aromatic heterocycles. The Morgan fingerprint density at radius 2 is 1.95 bits per heavy atom. The largest absolute Gasteiger partial charge is 0.481 e. The summed E-state index contributed by atoms with van der Waals surface area (Å²) in [6, 6.07) is 0. The summed E-state index contributed by atoms with van der Waals surface area (Å²) in [5.41, 5.74) is -0.682. The molecule has 1 aliphatic heterocycles. The molecule has 1 atom stereocenters. The van der Waals surface area contributed by atoms with Crippen LogP contribution >= 0.6 is 0 Å². The highest BCUT2D eigenvalue weighted by Crippen LogP contribution is 2.43. The lowest BCUT2D eigenvalue weighted by molar-refractivity contribution is -0.142. The van der Waals surface area contributed by atoms with E-state index in [9.17, 15) is 9.59 Å². The molecule has 2 aliphatic rings. The van der Waals surface area contributed by atoms with E-state index in [0.717, 1.165) is 45.1 Å². The van der Waals surface area contributed by atoms with Crippen molar-refractivity contribution in [3.63, 3.8) is 0 Å². The maximum atomic E-state index is 12.3. The number of aliphatic carboxylic acids is 1. The van der Waals surface area contributed by atoms with Gasteiger partial charge in [0.1, 0.15) is 0 Å². The summed E-state index contributed by atoms with van der Waals surface area (Å²) in [5, 5.41) is 15.2. The number of carbonyl (C=O) groups is 2. The lowest BCUT2D eigenvalue weighted by Gasteiger charge is -2.42. The predicted molar refractivity (Wildman–Crippen MR) is 71.8 cm³/mol. The molecule has 2 rings (SSSR count). The highest BCUT2D eigenvalue weighted by atomic mass is 16.4. The Morgan fingerprint density at radius 3 is 2.42 bits per heavy atom. The van der Waals surface area contributed by atoms with Crippen molar-refractivity contribution in [3.05, 3.63) is 0 Å². The number of hydrogen-bond donors (Lipinski definition) is 3. The standard InChI is InChI=1S/C14H24N2O3/c1-13(5-2-3-8-16-13)12(19)15-10-14(6-4-7-14)9-11(17)18/h16H,2-10H2,1H3,(H,15,19)(H,17,18). The molecule has 1 heterocycles. The van der Waals surface area contributed by atoms with E-state index in [1.165, 1.54) is 0 Å². The zero-order chi connectivity index (χ0) is 13.9. The van der Waals surface area contributed by atoms with Gasteiger partial charge in [0.25, 0.3) is 0 Å². The van der Waals surface area contributed by atoms with Crippen molar-refractivity contribution in [3.8, 4) is 0 Å². The molecule has 0 spiro atoms. The van der Waals surface area contributed by atoms with Crippen molar-refractivity contribution in [1.82, 2.24) is 10.6 Å². The fourth-order valence-electron chi connectivity index (χ4n) is 3.13. The van der Waals surface area contributed by atoms with Crippen molar-refractivity contribution in [2.45, 2.75) is 57.4 Å². The summed E-state index contributed by atoms with van der Waals surface area (Å²) in [7, 11) is 0. The van der Waals surface area contributed by atoms with E-state index in [4.69, 9.17) is 5.11 Å². The first kappa shape index (κ1) is 14.3. The van der Waals surface area contributed by atoms with Gasteiger partial charge in [-0.25, -0.2) is 0 Å². The number of amides is 1. The van der Waals surface area contributed by atoms with Gasteiger partial charge in [0.15, 0.2) is 0 Å². The van der Waals surface area contributed by atoms with Crippen LogP contribution < -0.4 is 10.6 Å². The second-order valence-corrected chi connectivity index (χ2v) is 6.32. The molecule has 1 aliphatic carbocycles. The van der Waals surface area contributed by atoms with Crippen LogP contribution in [0.1, 0.15) is 51.9 Å². The quantitative estimate of drug-likeness (QED) is 0.702. The van der Waals surface area contributed by atoms with Gasteiger partial charge in [-0.15, -0.1) is 0 Å². The first-order valence-electron chi connectivity index (χ1n) is 7.21. The molecular weight excluding hydrogens is 244 g/mol. The van der Waals surface area contributed by atoms with E-state index in [2.05, 4.69) is 10.6 Å². The maximum Gasteiger partial charge on any atom is 0.303 e. The molecule has 5 nitrogen and oxygen atoms in total. The lowest BCUT2D eigenvalue weighted by atomic mass is 9.66. The third-order valence-electron chi connectivity index (χ3n) is 4.68. The Balaban J connectivity index is 1.87. The zero-order valence-electron chi connectivity index (χ0n) is 11.6. The van der Waals surface area contributed by atoms with Crippen LogP contribution in [-0.4, -0.2) is 35.6 Å². The molecule has 3 N–H and O–H groups in total. The highest BCUT2D eigenvalue weighted by Gasteiger charge is 2.41. The summed E-state index contributed by atoms with van der Waals surface area (Å²) in [5.74, 6) is -0.750. The average Bonchev–Trinajstić information content (AvgIpc) is 2.32. The molecule has 0 bridgehead atoms. The normalized spacial score (nSPS) is 29.3. The third kappa shape index (κ3) is 3.26. The molecule has 108 valence electrons. The lowest BCUT2D eigenvalue weighted by Crippen LogP contribution is -2.58. The van der Waals surface area contributed by atoms with E-state index < -0.39 is 11.5 Å². The Labute approximate surface area is 114 Å². The van der Waals surface area contributed by atoms with Gasteiger partial charge in [0.05, 0.1) is 12.0 Å². The van der Waals surface area contributed by atoms with Crippen LogP contribution in [0.25, 0.3) is 0 Å². The zero-order valence-corrected chi connectivity index (χ0v) is 11.6. The number of carbonyl (C=O) groups excluding carboxylic acids is 1. The summed E-state index contributed by atoms with van der Waals surface area (Å²) < 4.78 is 0. The van der Waals surface area contributed by atoms with Crippen molar-refractivity contribution in [2.75, 3.05) is 13.1 Å². The number of piperidine rings is 1. The molecule has 0 aromatic carbocycles. The molecule has 1 amide bonds. The summed E-state index contributed by atoms with van der Waals surface area (Å²) in [4.78, 5) is 23.2. The Morgan fingerprint density at radius 1 is 1.21 bits per heavy atom. The molecule has 1 saturated carbocycles. The number of rotatable bonds is 5. The number of hydrogen-bond acceptors (Lipinski definition) is 3. The summed E-state index contributed by atoms with van der Waals surface area (Å²) in [6.45, 7) is 3.31. The highest BCUT2D eigenvalue weighted by molar-refractivity contribution is 5.86. The molecule has 1 unspecified atom stereocenters.